The fraction of sp³-hybridized carbons (Fsp3) is 0.294. The largest absolute Gasteiger partial charge is 0.435 e. The molecule has 0 bridgehead atoms. The molecule has 0 amide bonds. The normalized spacial score (nSPS) is 11.5. The molecule has 0 aromatic heterocycles. The molecule has 0 fully saturated rings. The van der Waals surface area contributed by atoms with Crippen LogP contribution < -0.4 is 4.67 Å². The van der Waals surface area contributed by atoms with Crippen molar-refractivity contribution in [1.29, 1.82) is 0 Å². The first kappa shape index (κ1) is 18.2. The van der Waals surface area contributed by atoms with Gasteiger partial charge in [-0.05, 0) is 31.5 Å². The van der Waals surface area contributed by atoms with Gasteiger partial charge in [-0.1, -0.05) is 52.3 Å². The van der Waals surface area contributed by atoms with E-state index in [1.807, 2.05) is 48.5 Å². The van der Waals surface area contributed by atoms with Crippen LogP contribution in [0, 0.1) is 0 Å². The van der Waals surface area contributed by atoms with E-state index < -0.39 is 7.75 Å². The fourth-order valence-corrected chi connectivity index (χ4v) is 4.15. The third-order valence-corrected chi connectivity index (χ3v) is 5.96. The number of anilines is 1. The zero-order valence-electron chi connectivity index (χ0n) is 13.5. The van der Waals surface area contributed by atoms with Crippen LogP contribution in [0.15, 0.2) is 53.0 Å². The minimum absolute atomic E-state index is 0.316. The van der Waals surface area contributed by atoms with Crippen molar-refractivity contribution >= 4 is 29.4 Å². The lowest BCUT2D eigenvalue weighted by Gasteiger charge is -2.29. The molecule has 0 radical (unpaired) electrons. The van der Waals surface area contributed by atoms with Crippen LogP contribution in [-0.2, 0) is 13.6 Å². The van der Waals surface area contributed by atoms with Crippen LogP contribution in [0.3, 0.4) is 0 Å². The Bertz CT molecular complexity index is 683. The van der Waals surface area contributed by atoms with E-state index in [4.69, 9.17) is 9.05 Å². The Labute approximate surface area is 146 Å². The van der Waals surface area contributed by atoms with Crippen molar-refractivity contribution in [2.24, 2.45) is 0 Å². The Kier molecular flexibility index (Phi) is 6.42. The van der Waals surface area contributed by atoms with Gasteiger partial charge < -0.3 is 0 Å². The van der Waals surface area contributed by atoms with E-state index in [0.717, 1.165) is 21.3 Å². The number of benzene rings is 2. The van der Waals surface area contributed by atoms with Crippen molar-refractivity contribution in [3.63, 3.8) is 0 Å². The van der Waals surface area contributed by atoms with Gasteiger partial charge in [-0.3, -0.25) is 13.7 Å². The first-order chi connectivity index (χ1) is 11.0. The second kappa shape index (κ2) is 8.11. The molecule has 4 nitrogen and oxygen atoms in total. The smallest absolute Gasteiger partial charge is 0.292 e. The van der Waals surface area contributed by atoms with E-state index in [2.05, 4.69) is 15.9 Å². The van der Waals surface area contributed by atoms with Crippen LogP contribution in [0.25, 0.3) is 11.1 Å². The standard InChI is InChI=1S/C17H21BrNO3P/c1-4-21-23(20,22-5-2)19(3)17-13-15(18)11-12-16(17)14-9-7-6-8-10-14/h6-13H,4-5H2,1-3H3. The van der Waals surface area contributed by atoms with Crippen LogP contribution >= 0.6 is 23.7 Å². The molecule has 0 saturated heterocycles. The number of halogens is 1. The van der Waals surface area contributed by atoms with Crippen molar-refractivity contribution in [1.82, 2.24) is 0 Å². The zero-order valence-corrected chi connectivity index (χ0v) is 16.0. The topological polar surface area (TPSA) is 38.8 Å². The highest BCUT2D eigenvalue weighted by atomic mass is 79.9. The minimum Gasteiger partial charge on any atom is -0.292 e. The monoisotopic (exact) mass is 397 g/mol. The van der Waals surface area contributed by atoms with Gasteiger partial charge in [0, 0.05) is 17.1 Å². The molecule has 0 saturated carbocycles. The summed E-state index contributed by atoms with van der Waals surface area (Å²) in [5.41, 5.74) is 2.80. The summed E-state index contributed by atoms with van der Waals surface area (Å²) < 4.78 is 26.5. The van der Waals surface area contributed by atoms with E-state index in [-0.39, 0.29) is 0 Å². The molecule has 0 unspecified atom stereocenters. The number of rotatable bonds is 7. The van der Waals surface area contributed by atoms with Gasteiger partial charge in [-0.25, -0.2) is 4.57 Å². The molecule has 0 aliphatic carbocycles. The molecule has 6 heteroatoms. The molecule has 0 aliphatic heterocycles. The molecule has 2 aromatic rings. The molecule has 23 heavy (non-hydrogen) atoms. The Morgan fingerprint density at radius 2 is 1.65 bits per heavy atom. The predicted octanol–water partition coefficient (Wildman–Crippen LogP) is 5.73. The average Bonchev–Trinajstić information content (AvgIpc) is 2.55. The maximum absolute atomic E-state index is 13.1. The summed E-state index contributed by atoms with van der Waals surface area (Å²) in [4.78, 5) is 0. The Morgan fingerprint density at radius 1 is 1.04 bits per heavy atom. The molecule has 0 spiro atoms. The highest BCUT2D eigenvalue weighted by Gasteiger charge is 2.32. The first-order valence-electron chi connectivity index (χ1n) is 7.50. The van der Waals surface area contributed by atoms with Gasteiger partial charge >= 0.3 is 7.75 Å². The maximum atomic E-state index is 13.1. The van der Waals surface area contributed by atoms with Crippen LogP contribution in [0.4, 0.5) is 5.69 Å². The summed E-state index contributed by atoms with van der Waals surface area (Å²) in [6.07, 6.45) is 0. The van der Waals surface area contributed by atoms with E-state index in [1.165, 1.54) is 0 Å². The van der Waals surface area contributed by atoms with Gasteiger partial charge in [0.1, 0.15) is 0 Å². The summed E-state index contributed by atoms with van der Waals surface area (Å²) in [7, 11) is -1.65. The van der Waals surface area contributed by atoms with Crippen LogP contribution in [-0.4, -0.2) is 20.3 Å². The van der Waals surface area contributed by atoms with Crippen molar-refractivity contribution in [2.45, 2.75) is 13.8 Å². The summed E-state index contributed by atoms with van der Waals surface area (Å²) in [6.45, 7) is 4.24. The average molecular weight is 398 g/mol. The van der Waals surface area contributed by atoms with Gasteiger partial charge in [0.15, 0.2) is 0 Å². The number of hydrogen-bond donors (Lipinski definition) is 0. The summed E-state index contributed by atoms with van der Waals surface area (Å²) in [5, 5.41) is 0. The molecule has 0 atom stereocenters. The van der Waals surface area contributed by atoms with Crippen LogP contribution in [0.5, 0.6) is 0 Å². The van der Waals surface area contributed by atoms with Gasteiger partial charge in [-0.15, -0.1) is 0 Å². The quantitative estimate of drug-likeness (QED) is 0.558. The first-order valence-corrected chi connectivity index (χ1v) is 9.79. The van der Waals surface area contributed by atoms with Crippen LogP contribution in [0.2, 0.25) is 0 Å². The van der Waals surface area contributed by atoms with Crippen LogP contribution in [0.1, 0.15) is 13.8 Å². The van der Waals surface area contributed by atoms with Gasteiger partial charge in [0.05, 0.1) is 18.9 Å². The molecule has 124 valence electrons. The van der Waals surface area contributed by atoms with Gasteiger partial charge in [0.25, 0.3) is 0 Å². The summed E-state index contributed by atoms with van der Waals surface area (Å²) >= 11 is 3.48. The molecule has 0 aliphatic rings. The highest BCUT2D eigenvalue weighted by molar-refractivity contribution is 9.10. The van der Waals surface area contributed by atoms with Gasteiger partial charge in [0.2, 0.25) is 0 Å². The minimum atomic E-state index is -3.39. The Hall–Kier alpha value is -1.13. The van der Waals surface area contributed by atoms with Crippen molar-refractivity contribution < 1.29 is 13.6 Å². The third kappa shape index (κ3) is 4.24. The lowest BCUT2D eigenvalue weighted by atomic mass is 10.0. The molecular formula is C17H21BrNO3P. The van der Waals surface area contributed by atoms with E-state index in [0.29, 0.717) is 13.2 Å². The second-order valence-electron chi connectivity index (χ2n) is 4.86. The predicted molar refractivity (Wildman–Crippen MR) is 98.8 cm³/mol. The van der Waals surface area contributed by atoms with E-state index in [9.17, 15) is 4.57 Å². The van der Waals surface area contributed by atoms with Crippen molar-refractivity contribution in [2.75, 3.05) is 24.9 Å². The molecule has 2 rings (SSSR count). The molecule has 0 heterocycles. The Balaban J connectivity index is 2.53. The van der Waals surface area contributed by atoms with Gasteiger partial charge in [-0.2, -0.15) is 0 Å². The third-order valence-electron chi connectivity index (χ3n) is 3.35. The number of nitrogens with zero attached hydrogens (tertiary/aromatic N) is 1. The molecule has 2 aromatic carbocycles. The van der Waals surface area contributed by atoms with E-state index in [1.54, 1.807) is 25.6 Å². The summed E-state index contributed by atoms with van der Waals surface area (Å²) in [5.74, 6) is 0. The Morgan fingerprint density at radius 3 is 2.22 bits per heavy atom. The fourth-order valence-electron chi connectivity index (χ4n) is 2.30. The second-order valence-corrected chi connectivity index (χ2v) is 7.82. The van der Waals surface area contributed by atoms with Crippen molar-refractivity contribution in [3.8, 4) is 11.1 Å². The lowest BCUT2D eigenvalue weighted by Crippen LogP contribution is -2.18. The van der Waals surface area contributed by atoms with Crippen molar-refractivity contribution in [3.05, 3.63) is 53.0 Å². The number of hydrogen-bond acceptors (Lipinski definition) is 3. The lowest BCUT2D eigenvalue weighted by molar-refractivity contribution is 0.219. The SMILES string of the molecule is CCOP(=O)(OCC)N(C)c1cc(Br)ccc1-c1ccccc1. The summed E-state index contributed by atoms with van der Waals surface area (Å²) in [6, 6.07) is 15.8. The zero-order chi connectivity index (χ0) is 16.9. The molecular weight excluding hydrogens is 377 g/mol. The van der Waals surface area contributed by atoms with E-state index >= 15 is 0 Å². The molecule has 0 N–H and O–H groups in total. The highest BCUT2D eigenvalue weighted by Crippen LogP contribution is 2.54. The maximum Gasteiger partial charge on any atom is 0.435 e.